The van der Waals surface area contributed by atoms with Crippen LogP contribution in [-0.2, 0) is 12.6 Å². The molecule has 0 aliphatic carbocycles. The van der Waals surface area contributed by atoms with Crippen molar-refractivity contribution in [3.05, 3.63) is 35.1 Å². The lowest BCUT2D eigenvalue weighted by Gasteiger charge is -2.10. The third-order valence-corrected chi connectivity index (χ3v) is 1.76. The second-order valence-electron chi connectivity index (χ2n) is 3.36. The van der Waals surface area contributed by atoms with Crippen molar-refractivity contribution in [2.24, 2.45) is 0 Å². The molecule has 0 aromatic heterocycles. The summed E-state index contributed by atoms with van der Waals surface area (Å²) >= 11 is 0. The predicted molar refractivity (Wildman–Crippen MR) is 56.7 cm³/mol. The van der Waals surface area contributed by atoms with Crippen LogP contribution in [0.25, 0.3) is 0 Å². The van der Waals surface area contributed by atoms with Crippen LogP contribution in [0.15, 0.2) is 18.2 Å². The molecule has 0 saturated carbocycles. The van der Waals surface area contributed by atoms with E-state index in [1.807, 2.05) is 0 Å². The molecule has 4 heteroatoms. The van der Waals surface area contributed by atoms with Gasteiger partial charge in [-0.2, -0.15) is 13.2 Å². The van der Waals surface area contributed by atoms with E-state index in [0.29, 0.717) is 6.07 Å². The maximum Gasteiger partial charge on any atom is 0.416 e. The molecular formula is C12H16F4. The summed E-state index contributed by atoms with van der Waals surface area (Å²) < 4.78 is 49.3. The van der Waals surface area contributed by atoms with Crippen molar-refractivity contribution < 1.29 is 17.6 Å². The first-order valence-electron chi connectivity index (χ1n) is 5.22. The van der Waals surface area contributed by atoms with Crippen molar-refractivity contribution in [3.63, 3.8) is 0 Å². The number of hydrogen-bond donors (Lipinski definition) is 0. The summed E-state index contributed by atoms with van der Waals surface area (Å²) in [5, 5.41) is 0. The summed E-state index contributed by atoms with van der Waals surface area (Å²) in [5.74, 6) is -0.857. The lowest BCUT2D eigenvalue weighted by molar-refractivity contribution is -0.138. The molecule has 1 aromatic carbocycles. The van der Waals surface area contributed by atoms with Crippen LogP contribution in [-0.4, -0.2) is 0 Å². The average Bonchev–Trinajstić information content (AvgIpc) is 2.17. The standard InChI is InChI=1S/C9H8F4.C3H8/c1-2-6-3-4-7(10)5-8(6)9(11,12)13;1-3-2/h3-5H,2H2,1H3;3H2,1-2H3. The number of hydrogen-bond acceptors (Lipinski definition) is 0. The Bertz CT molecular complexity index is 315. The van der Waals surface area contributed by atoms with Gasteiger partial charge in [-0.15, -0.1) is 0 Å². The minimum Gasteiger partial charge on any atom is -0.207 e. The Morgan fingerprint density at radius 2 is 1.56 bits per heavy atom. The molecule has 92 valence electrons. The Hall–Kier alpha value is -1.06. The molecule has 0 unspecified atom stereocenters. The quantitative estimate of drug-likeness (QED) is 0.613. The maximum atomic E-state index is 12.5. The molecule has 0 bridgehead atoms. The molecule has 0 fully saturated rings. The van der Waals surface area contributed by atoms with Crippen molar-refractivity contribution in [1.82, 2.24) is 0 Å². The fraction of sp³-hybridized carbons (Fsp3) is 0.500. The number of alkyl halides is 3. The fourth-order valence-electron chi connectivity index (χ4n) is 1.12. The van der Waals surface area contributed by atoms with E-state index in [4.69, 9.17) is 0 Å². The number of benzene rings is 1. The lowest BCUT2D eigenvalue weighted by atomic mass is 10.0. The Kier molecular flexibility index (Phi) is 6.08. The molecule has 1 rings (SSSR count). The molecule has 0 atom stereocenters. The second-order valence-corrected chi connectivity index (χ2v) is 3.36. The Morgan fingerprint density at radius 1 is 1.06 bits per heavy atom. The summed E-state index contributed by atoms with van der Waals surface area (Å²) in [6.45, 7) is 5.85. The monoisotopic (exact) mass is 236 g/mol. The Balaban J connectivity index is 0.000000673. The highest BCUT2D eigenvalue weighted by Crippen LogP contribution is 2.32. The van der Waals surface area contributed by atoms with Gasteiger partial charge in [-0.25, -0.2) is 4.39 Å². The van der Waals surface area contributed by atoms with E-state index in [-0.39, 0.29) is 12.0 Å². The Morgan fingerprint density at radius 3 is 1.94 bits per heavy atom. The molecule has 0 heterocycles. The van der Waals surface area contributed by atoms with E-state index in [1.54, 1.807) is 6.92 Å². The van der Waals surface area contributed by atoms with Gasteiger partial charge < -0.3 is 0 Å². The van der Waals surface area contributed by atoms with E-state index in [0.717, 1.165) is 12.1 Å². The van der Waals surface area contributed by atoms with Gasteiger partial charge in [0.15, 0.2) is 0 Å². The molecule has 16 heavy (non-hydrogen) atoms. The normalized spacial score (nSPS) is 10.7. The summed E-state index contributed by atoms with van der Waals surface area (Å²) in [7, 11) is 0. The smallest absolute Gasteiger partial charge is 0.207 e. The lowest BCUT2D eigenvalue weighted by Crippen LogP contribution is -2.09. The van der Waals surface area contributed by atoms with Crippen LogP contribution in [0.5, 0.6) is 0 Å². The molecule has 0 aliphatic heterocycles. The predicted octanol–water partition coefficient (Wildman–Crippen LogP) is 4.82. The number of rotatable bonds is 1. The molecule has 0 nitrogen and oxygen atoms in total. The molecule has 0 N–H and O–H groups in total. The number of halogens is 4. The minimum absolute atomic E-state index is 0.119. The van der Waals surface area contributed by atoms with E-state index in [9.17, 15) is 17.6 Å². The summed E-state index contributed by atoms with van der Waals surface area (Å²) in [6.07, 6.45) is -2.97. The zero-order chi connectivity index (χ0) is 12.8. The third-order valence-electron chi connectivity index (χ3n) is 1.76. The third kappa shape index (κ3) is 4.64. The second kappa shape index (κ2) is 6.51. The molecule has 0 spiro atoms. The van der Waals surface area contributed by atoms with Gasteiger partial charge >= 0.3 is 6.18 Å². The van der Waals surface area contributed by atoms with E-state index >= 15 is 0 Å². The molecule has 0 saturated heterocycles. The van der Waals surface area contributed by atoms with Gasteiger partial charge in [0, 0.05) is 0 Å². The van der Waals surface area contributed by atoms with E-state index < -0.39 is 17.6 Å². The average molecular weight is 236 g/mol. The molecule has 1 aromatic rings. The van der Waals surface area contributed by atoms with Crippen molar-refractivity contribution in [1.29, 1.82) is 0 Å². The van der Waals surface area contributed by atoms with Crippen LogP contribution >= 0.6 is 0 Å². The molecule has 0 radical (unpaired) electrons. The van der Waals surface area contributed by atoms with E-state index in [2.05, 4.69) is 13.8 Å². The van der Waals surface area contributed by atoms with Gasteiger partial charge in [-0.3, -0.25) is 0 Å². The van der Waals surface area contributed by atoms with E-state index in [1.165, 1.54) is 6.42 Å². The van der Waals surface area contributed by atoms with Crippen LogP contribution in [0.4, 0.5) is 17.6 Å². The molecule has 0 amide bonds. The Labute approximate surface area is 93.3 Å². The van der Waals surface area contributed by atoms with Crippen LogP contribution < -0.4 is 0 Å². The van der Waals surface area contributed by atoms with Crippen molar-refractivity contribution in [3.8, 4) is 0 Å². The van der Waals surface area contributed by atoms with Crippen LogP contribution in [0, 0.1) is 5.82 Å². The van der Waals surface area contributed by atoms with Crippen molar-refractivity contribution >= 4 is 0 Å². The van der Waals surface area contributed by atoms with Crippen LogP contribution in [0.1, 0.15) is 38.3 Å². The van der Waals surface area contributed by atoms with Crippen LogP contribution in [0.3, 0.4) is 0 Å². The van der Waals surface area contributed by atoms with Gasteiger partial charge in [0.05, 0.1) is 5.56 Å². The molecule has 0 aliphatic rings. The highest BCUT2D eigenvalue weighted by molar-refractivity contribution is 5.30. The summed E-state index contributed by atoms with van der Waals surface area (Å²) in [6, 6.07) is 2.73. The van der Waals surface area contributed by atoms with Crippen molar-refractivity contribution in [2.75, 3.05) is 0 Å². The van der Waals surface area contributed by atoms with Gasteiger partial charge in [-0.1, -0.05) is 33.3 Å². The first kappa shape index (κ1) is 14.9. The zero-order valence-electron chi connectivity index (χ0n) is 9.66. The maximum absolute atomic E-state index is 12.5. The highest BCUT2D eigenvalue weighted by Gasteiger charge is 2.33. The minimum atomic E-state index is -4.46. The van der Waals surface area contributed by atoms with Gasteiger partial charge in [0.25, 0.3) is 0 Å². The molecular weight excluding hydrogens is 220 g/mol. The van der Waals surface area contributed by atoms with Gasteiger partial charge in [-0.05, 0) is 24.1 Å². The summed E-state index contributed by atoms with van der Waals surface area (Å²) in [5.41, 5.74) is -0.760. The van der Waals surface area contributed by atoms with Crippen molar-refractivity contribution in [2.45, 2.75) is 39.8 Å². The zero-order valence-corrected chi connectivity index (χ0v) is 9.66. The van der Waals surface area contributed by atoms with Gasteiger partial charge in [0.1, 0.15) is 5.82 Å². The fourth-order valence-corrected chi connectivity index (χ4v) is 1.12. The first-order valence-corrected chi connectivity index (χ1v) is 5.22. The van der Waals surface area contributed by atoms with Gasteiger partial charge in [0.2, 0.25) is 0 Å². The highest BCUT2D eigenvalue weighted by atomic mass is 19.4. The first-order chi connectivity index (χ1) is 7.36. The largest absolute Gasteiger partial charge is 0.416 e. The van der Waals surface area contributed by atoms with Crippen LogP contribution in [0.2, 0.25) is 0 Å². The number of aryl methyl sites for hydroxylation is 1. The topological polar surface area (TPSA) is 0 Å². The summed E-state index contributed by atoms with van der Waals surface area (Å²) in [4.78, 5) is 0. The SMILES string of the molecule is CCC.CCc1ccc(F)cc1C(F)(F)F.